The quantitative estimate of drug-likeness (QED) is 0.780. The van der Waals surface area contributed by atoms with E-state index in [1.54, 1.807) is 0 Å². The second-order valence-corrected chi connectivity index (χ2v) is 7.39. The zero-order valence-electron chi connectivity index (χ0n) is 9.96. The van der Waals surface area contributed by atoms with Gasteiger partial charge in [0.15, 0.2) is 5.06 Å². The number of hydrogen-bond acceptors (Lipinski definition) is 3. The molecule has 100 valence electrons. The Hall–Kier alpha value is 0.330. The van der Waals surface area contributed by atoms with Crippen LogP contribution < -0.4 is 4.74 Å². The van der Waals surface area contributed by atoms with Crippen LogP contribution in [0.5, 0.6) is 5.06 Å². The van der Waals surface area contributed by atoms with Crippen molar-refractivity contribution in [2.45, 2.75) is 43.9 Å². The van der Waals surface area contributed by atoms with Crippen LogP contribution in [-0.4, -0.2) is 30.1 Å². The van der Waals surface area contributed by atoms with E-state index in [9.17, 15) is 0 Å². The molecule has 2 aliphatic heterocycles. The summed E-state index contributed by atoms with van der Waals surface area (Å²) in [6.45, 7) is 0. The fraction of sp³-hybridized carbons (Fsp3) is 0.667. The van der Waals surface area contributed by atoms with Crippen LogP contribution in [-0.2, 0) is 0 Å². The molecule has 3 rings (SSSR count). The molecule has 3 atom stereocenters. The summed E-state index contributed by atoms with van der Waals surface area (Å²) in [5.41, 5.74) is 0. The van der Waals surface area contributed by atoms with Crippen LogP contribution in [0.2, 0.25) is 14.4 Å². The van der Waals surface area contributed by atoms with Crippen LogP contribution in [0.15, 0.2) is 0 Å². The molecular formula is C12H14Cl3NOS. The summed E-state index contributed by atoms with van der Waals surface area (Å²) in [4.78, 5) is 2.48. The summed E-state index contributed by atoms with van der Waals surface area (Å²) in [6, 6.07) is 1.30. The SMILES string of the molecule is CN1[C@@H]2CC[C@H]1C[C@H](Oc1sc(Cl)c(Cl)c1Cl)C2. The summed E-state index contributed by atoms with van der Waals surface area (Å²) in [7, 11) is 2.21. The van der Waals surface area contributed by atoms with Crippen molar-refractivity contribution in [3.63, 3.8) is 0 Å². The van der Waals surface area contributed by atoms with Crippen molar-refractivity contribution < 1.29 is 4.74 Å². The topological polar surface area (TPSA) is 12.5 Å². The zero-order valence-corrected chi connectivity index (χ0v) is 13.0. The standard InChI is InChI=1S/C12H14Cl3NOS/c1-16-6-2-3-7(16)5-8(4-6)17-12-10(14)9(13)11(15)18-12/h6-8H,2-5H2,1H3/t6-,7+,8-. The summed E-state index contributed by atoms with van der Waals surface area (Å²) < 4.78 is 6.51. The van der Waals surface area contributed by atoms with Gasteiger partial charge in [0.05, 0.1) is 5.02 Å². The van der Waals surface area contributed by atoms with E-state index in [1.165, 1.54) is 24.2 Å². The Bertz CT molecular complexity index is 450. The lowest BCUT2D eigenvalue weighted by Gasteiger charge is -2.36. The number of rotatable bonds is 2. The summed E-state index contributed by atoms with van der Waals surface area (Å²) in [5.74, 6) is 0. The van der Waals surface area contributed by atoms with Crippen LogP contribution in [0.1, 0.15) is 25.7 Å². The molecule has 2 bridgehead atoms. The highest BCUT2D eigenvalue weighted by Crippen LogP contribution is 2.47. The molecule has 0 radical (unpaired) electrons. The number of halogens is 3. The highest BCUT2D eigenvalue weighted by Gasteiger charge is 2.39. The van der Waals surface area contributed by atoms with E-state index in [2.05, 4.69) is 11.9 Å². The largest absolute Gasteiger partial charge is 0.479 e. The molecule has 0 saturated carbocycles. The van der Waals surface area contributed by atoms with Gasteiger partial charge in [0, 0.05) is 12.1 Å². The number of nitrogens with zero attached hydrogens (tertiary/aromatic N) is 1. The van der Waals surface area contributed by atoms with Crippen molar-refractivity contribution in [3.05, 3.63) is 14.4 Å². The van der Waals surface area contributed by atoms with Crippen molar-refractivity contribution in [1.29, 1.82) is 0 Å². The molecule has 0 N–H and O–H groups in total. The van der Waals surface area contributed by atoms with Gasteiger partial charge in [-0.1, -0.05) is 46.1 Å². The maximum atomic E-state index is 6.11. The van der Waals surface area contributed by atoms with Gasteiger partial charge in [-0.25, -0.2) is 0 Å². The van der Waals surface area contributed by atoms with Crippen LogP contribution >= 0.6 is 46.1 Å². The highest BCUT2D eigenvalue weighted by molar-refractivity contribution is 7.19. The molecule has 0 aliphatic carbocycles. The van der Waals surface area contributed by atoms with Gasteiger partial charge in [-0.05, 0) is 32.7 Å². The van der Waals surface area contributed by atoms with Gasteiger partial charge in [-0.15, -0.1) is 0 Å². The maximum Gasteiger partial charge on any atom is 0.196 e. The molecule has 1 aromatic heterocycles. The number of ether oxygens (including phenoxy) is 1. The maximum absolute atomic E-state index is 6.11. The first-order chi connectivity index (χ1) is 8.56. The Morgan fingerprint density at radius 1 is 1.11 bits per heavy atom. The monoisotopic (exact) mass is 325 g/mol. The van der Waals surface area contributed by atoms with Crippen LogP contribution in [0.3, 0.4) is 0 Å². The molecule has 18 heavy (non-hydrogen) atoms. The summed E-state index contributed by atoms with van der Waals surface area (Å²) in [5, 5.41) is 1.53. The van der Waals surface area contributed by atoms with Crippen molar-refractivity contribution in [3.8, 4) is 5.06 Å². The molecule has 6 heteroatoms. The molecular weight excluding hydrogens is 313 g/mol. The van der Waals surface area contributed by atoms with Gasteiger partial charge in [-0.2, -0.15) is 0 Å². The van der Waals surface area contributed by atoms with Gasteiger partial charge < -0.3 is 9.64 Å². The Morgan fingerprint density at radius 2 is 1.72 bits per heavy atom. The van der Waals surface area contributed by atoms with Gasteiger partial charge in [0.2, 0.25) is 0 Å². The van der Waals surface area contributed by atoms with E-state index < -0.39 is 0 Å². The molecule has 2 nitrogen and oxygen atoms in total. The second kappa shape index (κ2) is 5.02. The van der Waals surface area contributed by atoms with E-state index in [1.807, 2.05) is 0 Å². The fourth-order valence-corrected chi connectivity index (χ4v) is 4.68. The second-order valence-electron chi connectivity index (χ2n) is 5.05. The van der Waals surface area contributed by atoms with Crippen molar-refractivity contribution >= 4 is 46.1 Å². The van der Waals surface area contributed by atoms with Gasteiger partial charge in [0.25, 0.3) is 0 Å². The van der Waals surface area contributed by atoms with Crippen LogP contribution in [0.4, 0.5) is 0 Å². The Labute approximate surface area is 126 Å². The third kappa shape index (κ3) is 2.25. The van der Waals surface area contributed by atoms with Gasteiger partial charge in [-0.3, -0.25) is 0 Å². The van der Waals surface area contributed by atoms with E-state index >= 15 is 0 Å². The molecule has 0 spiro atoms. The highest BCUT2D eigenvalue weighted by atomic mass is 35.5. The molecule has 0 unspecified atom stereocenters. The van der Waals surface area contributed by atoms with Crippen molar-refractivity contribution in [2.24, 2.45) is 0 Å². The van der Waals surface area contributed by atoms with E-state index in [0.29, 0.717) is 31.5 Å². The first-order valence-corrected chi connectivity index (χ1v) is 8.03. The normalized spacial score (nSPS) is 31.9. The fourth-order valence-electron chi connectivity index (χ4n) is 3.03. The minimum atomic E-state index is 0.238. The average molecular weight is 327 g/mol. The Kier molecular flexibility index (Phi) is 3.72. The lowest BCUT2D eigenvalue weighted by atomic mass is 10.0. The Balaban J connectivity index is 1.72. The minimum absolute atomic E-state index is 0.238. The predicted octanol–water partition coefficient (Wildman–Crippen LogP) is 4.71. The number of hydrogen-bond donors (Lipinski definition) is 0. The molecule has 0 amide bonds. The molecule has 2 fully saturated rings. The molecule has 2 aliphatic rings. The minimum Gasteiger partial charge on any atom is -0.479 e. The van der Waals surface area contributed by atoms with Gasteiger partial charge >= 0.3 is 0 Å². The van der Waals surface area contributed by atoms with Crippen molar-refractivity contribution in [1.82, 2.24) is 4.90 Å². The van der Waals surface area contributed by atoms with Crippen molar-refractivity contribution in [2.75, 3.05) is 7.05 Å². The lowest BCUT2D eigenvalue weighted by Crippen LogP contribution is -2.43. The van der Waals surface area contributed by atoms with E-state index in [4.69, 9.17) is 39.5 Å². The lowest BCUT2D eigenvalue weighted by molar-refractivity contribution is 0.0686. The zero-order chi connectivity index (χ0) is 12.9. The first-order valence-electron chi connectivity index (χ1n) is 6.08. The molecule has 2 saturated heterocycles. The predicted molar refractivity (Wildman–Crippen MR) is 77.6 cm³/mol. The number of fused-ring (bicyclic) bond motifs is 2. The first kappa shape index (κ1) is 13.3. The third-order valence-electron chi connectivity index (χ3n) is 4.06. The van der Waals surface area contributed by atoms with E-state index in [-0.39, 0.29) is 6.10 Å². The Morgan fingerprint density at radius 3 is 2.22 bits per heavy atom. The average Bonchev–Trinajstić information content (AvgIpc) is 2.71. The van der Waals surface area contributed by atoms with E-state index in [0.717, 1.165) is 12.8 Å². The number of thiophene rings is 1. The van der Waals surface area contributed by atoms with Gasteiger partial charge in [0.1, 0.15) is 15.5 Å². The summed E-state index contributed by atoms with van der Waals surface area (Å²) >= 11 is 19.4. The molecule has 1 aromatic rings. The summed E-state index contributed by atoms with van der Waals surface area (Å²) in [6.07, 6.45) is 4.93. The van der Waals surface area contributed by atoms with Crippen LogP contribution in [0.25, 0.3) is 0 Å². The smallest absolute Gasteiger partial charge is 0.196 e. The van der Waals surface area contributed by atoms with Crippen LogP contribution in [0, 0.1) is 0 Å². The number of piperidine rings is 1. The third-order valence-corrected chi connectivity index (χ3v) is 6.50. The molecule has 0 aromatic carbocycles. The molecule has 3 heterocycles.